The number of amides is 1. The zero-order valence-electron chi connectivity index (χ0n) is 13.0. The fourth-order valence-electron chi connectivity index (χ4n) is 2.23. The number of halogens is 3. The number of nitrogens with one attached hydrogen (secondary N) is 2. The number of aliphatic hydroxyl groups is 1. The van der Waals surface area contributed by atoms with Crippen LogP contribution in [0.5, 0.6) is 0 Å². The number of pyridine rings is 1. The van der Waals surface area contributed by atoms with Crippen LogP contribution in [0.1, 0.15) is 24.2 Å². The van der Waals surface area contributed by atoms with E-state index in [1.54, 1.807) is 18.3 Å². The van der Waals surface area contributed by atoms with Crippen molar-refractivity contribution in [1.82, 2.24) is 20.5 Å². The number of alkyl halides is 3. The highest BCUT2D eigenvalue weighted by atomic mass is 19.4. The standard InChI is InChI=1S/C15H17F3N4O2/c1-8(2)11(13(23)15(16,17)18)21-14(24)10-7-20-22-12(10)9-4-3-5-19-6-9/h3-8,11,13,23H,1-2H3,(H,20,22)(H,21,24)/t11-,13-/m0/s1. The number of aliphatic hydroxyl groups excluding tert-OH is 1. The smallest absolute Gasteiger partial charge is 0.382 e. The van der Waals surface area contributed by atoms with Crippen LogP contribution in [0.15, 0.2) is 30.7 Å². The van der Waals surface area contributed by atoms with Crippen LogP contribution in [0.3, 0.4) is 0 Å². The van der Waals surface area contributed by atoms with E-state index in [-0.39, 0.29) is 5.56 Å². The Bertz CT molecular complexity index is 686. The second kappa shape index (κ2) is 7.00. The number of carbonyl (C=O) groups is 1. The van der Waals surface area contributed by atoms with E-state index in [1.165, 1.54) is 26.2 Å². The van der Waals surface area contributed by atoms with Crippen molar-refractivity contribution in [2.24, 2.45) is 5.92 Å². The maximum Gasteiger partial charge on any atom is 0.416 e. The number of carbonyl (C=O) groups excluding carboxylic acids is 1. The van der Waals surface area contributed by atoms with Crippen molar-refractivity contribution in [3.63, 3.8) is 0 Å². The summed E-state index contributed by atoms with van der Waals surface area (Å²) in [6.45, 7) is 2.97. The third kappa shape index (κ3) is 3.91. The van der Waals surface area contributed by atoms with Crippen molar-refractivity contribution in [2.45, 2.75) is 32.2 Å². The normalized spacial score (nSPS) is 14.5. The Kier molecular flexibility index (Phi) is 5.23. The Morgan fingerprint density at radius 2 is 2.04 bits per heavy atom. The first kappa shape index (κ1) is 17.9. The molecular formula is C15H17F3N4O2. The summed E-state index contributed by atoms with van der Waals surface area (Å²) >= 11 is 0. The summed E-state index contributed by atoms with van der Waals surface area (Å²) < 4.78 is 38.3. The van der Waals surface area contributed by atoms with Crippen molar-refractivity contribution in [1.29, 1.82) is 0 Å². The minimum Gasteiger partial charge on any atom is -0.382 e. The summed E-state index contributed by atoms with van der Waals surface area (Å²) in [5.74, 6) is -1.39. The van der Waals surface area contributed by atoms with Crippen LogP contribution >= 0.6 is 0 Å². The van der Waals surface area contributed by atoms with Gasteiger partial charge in [-0.2, -0.15) is 18.3 Å². The van der Waals surface area contributed by atoms with Gasteiger partial charge in [0.25, 0.3) is 5.91 Å². The molecule has 0 saturated carbocycles. The fourth-order valence-corrected chi connectivity index (χ4v) is 2.23. The molecule has 2 heterocycles. The topological polar surface area (TPSA) is 90.9 Å². The second-order valence-electron chi connectivity index (χ2n) is 5.63. The van der Waals surface area contributed by atoms with Gasteiger partial charge in [-0.05, 0) is 18.1 Å². The largest absolute Gasteiger partial charge is 0.416 e. The lowest BCUT2D eigenvalue weighted by molar-refractivity contribution is -0.214. The van der Waals surface area contributed by atoms with E-state index >= 15 is 0 Å². The van der Waals surface area contributed by atoms with Gasteiger partial charge in [0.1, 0.15) is 0 Å². The van der Waals surface area contributed by atoms with Gasteiger partial charge >= 0.3 is 6.18 Å². The molecule has 0 unspecified atom stereocenters. The van der Waals surface area contributed by atoms with Gasteiger partial charge in [0.2, 0.25) is 0 Å². The molecule has 2 aromatic heterocycles. The third-order valence-electron chi connectivity index (χ3n) is 3.53. The molecule has 0 aliphatic carbocycles. The Hall–Kier alpha value is -2.42. The van der Waals surface area contributed by atoms with Crippen molar-refractivity contribution < 1.29 is 23.1 Å². The van der Waals surface area contributed by atoms with Gasteiger partial charge in [-0.1, -0.05) is 13.8 Å². The third-order valence-corrected chi connectivity index (χ3v) is 3.53. The highest BCUT2D eigenvalue weighted by molar-refractivity contribution is 5.99. The molecule has 0 aromatic carbocycles. The maximum atomic E-state index is 12.8. The number of hydrogen-bond acceptors (Lipinski definition) is 4. The first-order chi connectivity index (χ1) is 11.2. The average Bonchev–Trinajstić information content (AvgIpc) is 3.01. The van der Waals surface area contributed by atoms with Gasteiger partial charge in [0.15, 0.2) is 6.10 Å². The molecule has 0 radical (unpaired) electrons. The molecule has 9 heteroatoms. The van der Waals surface area contributed by atoms with Gasteiger partial charge in [-0.3, -0.25) is 14.9 Å². The number of nitrogens with zero attached hydrogens (tertiary/aromatic N) is 2. The summed E-state index contributed by atoms with van der Waals surface area (Å²) in [4.78, 5) is 16.3. The van der Waals surface area contributed by atoms with E-state index in [4.69, 9.17) is 0 Å². The van der Waals surface area contributed by atoms with Gasteiger partial charge < -0.3 is 10.4 Å². The Morgan fingerprint density at radius 1 is 1.33 bits per heavy atom. The van der Waals surface area contributed by atoms with Crippen molar-refractivity contribution >= 4 is 5.91 Å². The van der Waals surface area contributed by atoms with Crippen LogP contribution < -0.4 is 5.32 Å². The lowest BCUT2D eigenvalue weighted by atomic mass is 9.97. The highest BCUT2D eigenvalue weighted by Gasteiger charge is 2.45. The van der Waals surface area contributed by atoms with Crippen molar-refractivity contribution in [2.75, 3.05) is 0 Å². The lowest BCUT2D eigenvalue weighted by Crippen LogP contribution is -2.52. The summed E-state index contributed by atoms with van der Waals surface area (Å²) in [5.41, 5.74) is 0.977. The number of hydrogen-bond donors (Lipinski definition) is 3. The summed E-state index contributed by atoms with van der Waals surface area (Å²) in [7, 11) is 0. The van der Waals surface area contributed by atoms with E-state index in [1.807, 2.05) is 0 Å². The van der Waals surface area contributed by atoms with Gasteiger partial charge in [0.05, 0.1) is 23.5 Å². The van der Waals surface area contributed by atoms with Gasteiger partial charge in [-0.15, -0.1) is 0 Å². The quantitative estimate of drug-likeness (QED) is 0.776. The number of aromatic nitrogens is 3. The molecule has 2 rings (SSSR count). The first-order valence-corrected chi connectivity index (χ1v) is 7.21. The minimum absolute atomic E-state index is 0.0722. The van der Waals surface area contributed by atoms with E-state index in [0.29, 0.717) is 11.3 Å². The zero-order valence-corrected chi connectivity index (χ0v) is 13.0. The summed E-state index contributed by atoms with van der Waals surface area (Å²) in [5, 5.41) is 18.1. The van der Waals surface area contributed by atoms with E-state index in [9.17, 15) is 23.1 Å². The number of H-pyrrole nitrogens is 1. The van der Waals surface area contributed by atoms with Crippen LogP contribution in [-0.2, 0) is 0 Å². The molecule has 24 heavy (non-hydrogen) atoms. The van der Waals surface area contributed by atoms with Crippen LogP contribution in [0.4, 0.5) is 13.2 Å². The zero-order chi connectivity index (χ0) is 17.9. The molecule has 2 atom stereocenters. The molecule has 0 fully saturated rings. The fraction of sp³-hybridized carbons (Fsp3) is 0.400. The second-order valence-corrected chi connectivity index (χ2v) is 5.63. The molecule has 0 saturated heterocycles. The van der Waals surface area contributed by atoms with Gasteiger partial charge in [-0.25, -0.2) is 0 Å². The Balaban J connectivity index is 2.25. The predicted octanol–water partition coefficient (Wildman–Crippen LogP) is 2.15. The molecule has 6 nitrogen and oxygen atoms in total. The van der Waals surface area contributed by atoms with Crippen LogP contribution in [0.25, 0.3) is 11.3 Å². The maximum absolute atomic E-state index is 12.8. The van der Waals surface area contributed by atoms with Gasteiger partial charge in [0, 0.05) is 18.0 Å². The molecule has 0 spiro atoms. The molecule has 1 amide bonds. The molecule has 0 aliphatic heterocycles. The van der Waals surface area contributed by atoms with E-state index in [0.717, 1.165) is 0 Å². The Labute approximate surface area is 136 Å². The SMILES string of the molecule is CC(C)[C@H](NC(=O)c1cn[nH]c1-c1cccnc1)[C@H](O)C(F)(F)F. The number of aromatic amines is 1. The van der Waals surface area contributed by atoms with E-state index in [2.05, 4.69) is 20.5 Å². The van der Waals surface area contributed by atoms with Crippen LogP contribution in [0.2, 0.25) is 0 Å². The molecular weight excluding hydrogens is 325 g/mol. The average molecular weight is 342 g/mol. The Morgan fingerprint density at radius 3 is 2.58 bits per heavy atom. The first-order valence-electron chi connectivity index (χ1n) is 7.21. The highest BCUT2D eigenvalue weighted by Crippen LogP contribution is 2.26. The molecule has 0 bridgehead atoms. The molecule has 3 N–H and O–H groups in total. The minimum atomic E-state index is -4.83. The van der Waals surface area contributed by atoms with Crippen LogP contribution in [-0.4, -0.2) is 44.5 Å². The molecule has 0 aliphatic rings. The summed E-state index contributed by atoms with van der Waals surface area (Å²) in [6, 6.07) is 1.86. The predicted molar refractivity (Wildman–Crippen MR) is 80.0 cm³/mol. The molecule has 130 valence electrons. The lowest BCUT2D eigenvalue weighted by Gasteiger charge is -2.28. The summed E-state index contributed by atoms with van der Waals surface area (Å²) in [6.07, 6.45) is -3.22. The van der Waals surface area contributed by atoms with E-state index < -0.39 is 30.1 Å². The molecule has 2 aromatic rings. The van der Waals surface area contributed by atoms with Crippen LogP contribution in [0, 0.1) is 5.92 Å². The van der Waals surface area contributed by atoms with Crippen molar-refractivity contribution in [3.8, 4) is 11.3 Å². The van der Waals surface area contributed by atoms with Crippen molar-refractivity contribution in [3.05, 3.63) is 36.3 Å². The number of rotatable bonds is 5. The monoisotopic (exact) mass is 342 g/mol.